The molecule has 0 aliphatic heterocycles. The van der Waals surface area contributed by atoms with Gasteiger partial charge >= 0.3 is 12.0 Å². The van der Waals surface area contributed by atoms with Gasteiger partial charge in [0.05, 0.1) is 0 Å². The van der Waals surface area contributed by atoms with E-state index in [0.29, 0.717) is 19.6 Å². The molecule has 1 unspecified atom stereocenters. The van der Waals surface area contributed by atoms with E-state index in [1.165, 1.54) is 23.6 Å². The Bertz CT molecular complexity index is 362. The molecule has 2 N–H and O–H groups in total. The average molecular weight is 303 g/mol. The molecule has 21 heavy (non-hydrogen) atoms. The maximum absolute atomic E-state index is 12.3. The van der Waals surface area contributed by atoms with Crippen LogP contribution in [0, 0.1) is 0 Å². The van der Waals surface area contributed by atoms with Gasteiger partial charge in [0.15, 0.2) is 0 Å². The molecular weight excluding hydrogens is 278 g/mol. The lowest BCUT2D eigenvalue weighted by Crippen LogP contribution is -2.51. The Balaban J connectivity index is 4.64. The van der Waals surface area contributed by atoms with Gasteiger partial charge in [-0.15, -0.1) is 0 Å². The molecule has 0 radical (unpaired) electrons. The smallest absolute Gasteiger partial charge is 0.326 e. The van der Waals surface area contributed by atoms with E-state index in [0.717, 1.165) is 0 Å². The predicted octanol–water partition coefficient (Wildman–Crippen LogP) is -0.0141. The van der Waals surface area contributed by atoms with Gasteiger partial charge in [0.2, 0.25) is 5.91 Å². The monoisotopic (exact) mass is 303 g/mol. The largest absolute Gasteiger partial charge is 0.480 e. The highest BCUT2D eigenvalue weighted by Gasteiger charge is 2.27. The minimum atomic E-state index is -1.09. The first-order valence-electron chi connectivity index (χ1n) is 6.79. The van der Waals surface area contributed by atoms with Crippen LogP contribution in [-0.2, 0) is 14.3 Å². The Morgan fingerprint density at radius 3 is 2.38 bits per heavy atom. The molecule has 0 heterocycles. The molecule has 8 nitrogen and oxygen atoms in total. The summed E-state index contributed by atoms with van der Waals surface area (Å²) in [6.45, 7) is 4.15. The molecule has 122 valence electrons. The molecule has 0 saturated carbocycles. The fourth-order valence-corrected chi connectivity index (χ4v) is 1.70. The lowest BCUT2D eigenvalue weighted by molar-refractivity contribution is -0.141. The van der Waals surface area contributed by atoms with Gasteiger partial charge in [-0.05, 0) is 13.3 Å². The van der Waals surface area contributed by atoms with Gasteiger partial charge in [0.25, 0.3) is 0 Å². The van der Waals surface area contributed by atoms with Crippen LogP contribution in [0.2, 0.25) is 0 Å². The highest BCUT2D eigenvalue weighted by atomic mass is 16.5. The molecule has 0 aromatic heterocycles. The third-order valence-corrected chi connectivity index (χ3v) is 2.97. The number of carboxylic acids is 1. The quantitative estimate of drug-likeness (QED) is 0.583. The molecule has 0 rings (SSSR count). The molecule has 0 spiro atoms. The summed E-state index contributed by atoms with van der Waals surface area (Å²) in [7, 11) is 3.19. The summed E-state index contributed by atoms with van der Waals surface area (Å²) in [4.78, 5) is 36.9. The minimum Gasteiger partial charge on any atom is -0.480 e. The van der Waals surface area contributed by atoms with Crippen LogP contribution in [0.4, 0.5) is 4.79 Å². The number of carboxylic acid groups (broad SMARTS) is 1. The lowest BCUT2D eigenvalue weighted by Gasteiger charge is -2.31. The SMILES string of the molecule is COCCCN(C)C(=O)N(CCNC(C)=O)C(C)C(=O)O. The fourth-order valence-electron chi connectivity index (χ4n) is 1.70. The second kappa shape index (κ2) is 9.98. The number of amides is 3. The van der Waals surface area contributed by atoms with E-state index in [-0.39, 0.29) is 25.0 Å². The van der Waals surface area contributed by atoms with E-state index in [4.69, 9.17) is 9.84 Å². The lowest BCUT2D eigenvalue weighted by atomic mass is 10.3. The van der Waals surface area contributed by atoms with Crippen molar-refractivity contribution in [3.8, 4) is 0 Å². The van der Waals surface area contributed by atoms with E-state index in [1.807, 2.05) is 0 Å². The van der Waals surface area contributed by atoms with E-state index in [1.54, 1.807) is 14.2 Å². The Morgan fingerprint density at radius 2 is 1.90 bits per heavy atom. The number of hydrogen-bond donors (Lipinski definition) is 2. The summed E-state index contributed by atoms with van der Waals surface area (Å²) >= 11 is 0. The summed E-state index contributed by atoms with van der Waals surface area (Å²) in [5, 5.41) is 11.6. The zero-order valence-electron chi connectivity index (χ0n) is 13.1. The van der Waals surface area contributed by atoms with Gasteiger partial charge in [-0.25, -0.2) is 9.59 Å². The van der Waals surface area contributed by atoms with Crippen LogP contribution in [0.1, 0.15) is 20.3 Å². The van der Waals surface area contributed by atoms with E-state index < -0.39 is 12.0 Å². The molecule has 0 aromatic carbocycles. The molecule has 0 aromatic rings. The number of hydrogen-bond acceptors (Lipinski definition) is 4. The van der Waals surface area contributed by atoms with Gasteiger partial charge in [0.1, 0.15) is 6.04 Å². The number of nitrogens with one attached hydrogen (secondary N) is 1. The van der Waals surface area contributed by atoms with Crippen LogP contribution in [0.15, 0.2) is 0 Å². The van der Waals surface area contributed by atoms with Crippen molar-refractivity contribution in [1.29, 1.82) is 0 Å². The van der Waals surface area contributed by atoms with E-state index in [9.17, 15) is 14.4 Å². The molecular formula is C13H25N3O5. The molecule has 3 amide bonds. The van der Waals surface area contributed by atoms with Crippen molar-refractivity contribution in [1.82, 2.24) is 15.1 Å². The average Bonchev–Trinajstić information content (AvgIpc) is 2.42. The Morgan fingerprint density at radius 1 is 1.29 bits per heavy atom. The van der Waals surface area contributed by atoms with E-state index >= 15 is 0 Å². The van der Waals surface area contributed by atoms with Crippen LogP contribution in [0.3, 0.4) is 0 Å². The Kier molecular flexibility index (Phi) is 9.11. The zero-order valence-corrected chi connectivity index (χ0v) is 13.1. The number of urea groups is 1. The Labute approximate surface area is 125 Å². The molecule has 1 atom stereocenters. The van der Waals surface area contributed by atoms with Crippen molar-refractivity contribution in [3.63, 3.8) is 0 Å². The van der Waals surface area contributed by atoms with Gasteiger partial charge in [-0.3, -0.25) is 4.79 Å². The molecule has 0 aliphatic carbocycles. The summed E-state index contributed by atoms with van der Waals surface area (Å²) < 4.78 is 4.92. The minimum absolute atomic E-state index is 0.139. The van der Waals surface area contributed by atoms with Gasteiger partial charge in [-0.1, -0.05) is 0 Å². The van der Waals surface area contributed by atoms with E-state index in [2.05, 4.69) is 5.32 Å². The summed E-state index contributed by atoms with van der Waals surface area (Å²) in [6.07, 6.45) is 0.666. The number of carbonyl (C=O) groups is 3. The summed E-state index contributed by atoms with van der Waals surface area (Å²) in [6, 6.07) is -1.34. The van der Waals surface area contributed by atoms with Crippen LogP contribution in [0.5, 0.6) is 0 Å². The van der Waals surface area contributed by atoms with Crippen molar-refractivity contribution in [2.24, 2.45) is 0 Å². The van der Waals surface area contributed by atoms with Gasteiger partial charge in [0, 0.05) is 47.3 Å². The number of aliphatic carboxylic acids is 1. The van der Waals surface area contributed by atoms with Crippen molar-refractivity contribution in [2.45, 2.75) is 26.3 Å². The topological polar surface area (TPSA) is 99.2 Å². The summed E-state index contributed by atoms with van der Waals surface area (Å²) in [5.41, 5.74) is 0. The number of methoxy groups -OCH3 is 1. The maximum atomic E-state index is 12.3. The first-order valence-corrected chi connectivity index (χ1v) is 6.79. The molecule has 0 saturated heterocycles. The van der Waals surface area contributed by atoms with Crippen LogP contribution in [0.25, 0.3) is 0 Å². The standard InChI is InChI=1S/C13H25N3O5/c1-10(12(18)19)16(8-6-14-11(2)17)13(20)15(3)7-5-9-21-4/h10H,5-9H2,1-4H3,(H,14,17)(H,18,19). The number of nitrogens with zero attached hydrogens (tertiary/aromatic N) is 2. The van der Waals surface area contributed by atoms with Crippen LogP contribution < -0.4 is 5.32 Å². The normalized spacial score (nSPS) is 11.6. The molecule has 0 aliphatic rings. The first-order chi connectivity index (χ1) is 9.81. The van der Waals surface area contributed by atoms with Gasteiger partial charge < -0.3 is 25.0 Å². The third kappa shape index (κ3) is 7.50. The fraction of sp³-hybridized carbons (Fsp3) is 0.769. The Hall–Kier alpha value is -1.83. The maximum Gasteiger partial charge on any atom is 0.326 e. The highest BCUT2D eigenvalue weighted by molar-refractivity contribution is 5.82. The second-order valence-corrected chi connectivity index (χ2v) is 4.74. The van der Waals surface area contributed by atoms with Crippen LogP contribution >= 0.6 is 0 Å². The van der Waals surface area contributed by atoms with Crippen LogP contribution in [-0.4, -0.2) is 79.3 Å². The highest BCUT2D eigenvalue weighted by Crippen LogP contribution is 2.05. The first kappa shape index (κ1) is 19.2. The number of ether oxygens (including phenoxy) is 1. The van der Waals surface area contributed by atoms with Gasteiger partial charge in [-0.2, -0.15) is 0 Å². The molecule has 8 heteroatoms. The van der Waals surface area contributed by atoms with Crippen molar-refractivity contribution in [2.75, 3.05) is 40.4 Å². The molecule has 0 bridgehead atoms. The van der Waals surface area contributed by atoms with Crippen molar-refractivity contribution < 1.29 is 24.2 Å². The van der Waals surface area contributed by atoms with Crippen molar-refractivity contribution in [3.05, 3.63) is 0 Å². The predicted molar refractivity (Wildman–Crippen MR) is 77.0 cm³/mol. The third-order valence-electron chi connectivity index (χ3n) is 2.97. The number of carbonyl (C=O) groups excluding carboxylic acids is 2. The molecule has 0 fully saturated rings. The zero-order chi connectivity index (χ0) is 16.4. The second-order valence-electron chi connectivity index (χ2n) is 4.74. The van der Waals surface area contributed by atoms with Crippen molar-refractivity contribution >= 4 is 17.9 Å². The number of rotatable bonds is 9. The summed E-state index contributed by atoms with van der Waals surface area (Å²) in [5.74, 6) is -1.31.